The zero-order chi connectivity index (χ0) is 18.8. The average molecular weight is 355 g/mol. The van der Waals surface area contributed by atoms with E-state index < -0.39 is 6.04 Å². The molecule has 0 bridgehead atoms. The summed E-state index contributed by atoms with van der Waals surface area (Å²) in [7, 11) is 1.79. The maximum atomic E-state index is 12.8. The molecule has 0 fully saturated rings. The van der Waals surface area contributed by atoms with Crippen molar-refractivity contribution in [2.24, 2.45) is 5.73 Å². The van der Waals surface area contributed by atoms with Gasteiger partial charge in [-0.1, -0.05) is 48.5 Å². The molecule has 4 rings (SSSR count). The fourth-order valence-corrected chi connectivity index (χ4v) is 3.36. The first kappa shape index (κ1) is 17.2. The quantitative estimate of drug-likeness (QED) is 0.601. The summed E-state index contributed by atoms with van der Waals surface area (Å²) in [4.78, 5) is 18.7. The van der Waals surface area contributed by atoms with Crippen LogP contribution < -0.4 is 5.73 Å². The second-order valence-electron chi connectivity index (χ2n) is 6.84. The number of nitrogens with two attached hydrogens (primary N) is 1. The fourth-order valence-electron chi connectivity index (χ4n) is 3.36. The standard InChI is InChI=1S/C23H21N3O/c1-26(15-16-6-7-21-14-25-11-10-19(21)12-16)23(27)22(24)20-9-8-17-4-2-3-5-18(17)13-20/h2-14,22H,15,24H2,1H3. The Hall–Kier alpha value is -3.24. The minimum atomic E-state index is -0.677. The zero-order valence-electron chi connectivity index (χ0n) is 15.2. The number of amides is 1. The highest BCUT2D eigenvalue weighted by molar-refractivity contribution is 5.87. The lowest BCUT2D eigenvalue weighted by Gasteiger charge is -2.22. The average Bonchev–Trinajstić information content (AvgIpc) is 2.72. The van der Waals surface area contributed by atoms with Crippen molar-refractivity contribution in [1.82, 2.24) is 9.88 Å². The molecule has 3 aromatic carbocycles. The third kappa shape index (κ3) is 3.52. The number of pyridine rings is 1. The molecule has 4 nitrogen and oxygen atoms in total. The molecule has 0 aliphatic carbocycles. The summed E-state index contributed by atoms with van der Waals surface area (Å²) in [6.45, 7) is 0.512. The molecule has 0 spiro atoms. The summed E-state index contributed by atoms with van der Waals surface area (Å²) < 4.78 is 0. The van der Waals surface area contributed by atoms with Crippen LogP contribution >= 0.6 is 0 Å². The summed E-state index contributed by atoms with van der Waals surface area (Å²) in [6.07, 6.45) is 3.61. The Morgan fingerprint density at radius 2 is 1.70 bits per heavy atom. The van der Waals surface area contributed by atoms with Gasteiger partial charge in [-0.25, -0.2) is 0 Å². The summed E-state index contributed by atoms with van der Waals surface area (Å²) in [6, 6.07) is 21.4. The van der Waals surface area contributed by atoms with Gasteiger partial charge < -0.3 is 10.6 Å². The highest BCUT2D eigenvalue weighted by Crippen LogP contribution is 2.21. The molecule has 1 amide bonds. The lowest BCUT2D eigenvalue weighted by Crippen LogP contribution is -2.35. The van der Waals surface area contributed by atoms with Crippen molar-refractivity contribution in [2.45, 2.75) is 12.6 Å². The number of fused-ring (bicyclic) bond motifs is 2. The van der Waals surface area contributed by atoms with Gasteiger partial charge in [0, 0.05) is 31.4 Å². The number of nitrogens with zero attached hydrogens (tertiary/aromatic N) is 2. The van der Waals surface area contributed by atoms with Gasteiger partial charge in [-0.3, -0.25) is 9.78 Å². The van der Waals surface area contributed by atoms with Crippen LogP contribution in [-0.4, -0.2) is 22.8 Å². The van der Waals surface area contributed by atoms with Gasteiger partial charge in [0.05, 0.1) is 0 Å². The van der Waals surface area contributed by atoms with E-state index in [1.165, 1.54) is 0 Å². The number of hydrogen-bond acceptors (Lipinski definition) is 3. The Bertz CT molecular complexity index is 1120. The second-order valence-corrected chi connectivity index (χ2v) is 6.84. The van der Waals surface area contributed by atoms with Gasteiger partial charge in [-0.05, 0) is 45.5 Å². The van der Waals surface area contributed by atoms with Gasteiger partial charge in [0.2, 0.25) is 5.91 Å². The van der Waals surface area contributed by atoms with E-state index in [4.69, 9.17) is 5.73 Å². The molecule has 134 valence electrons. The van der Waals surface area contributed by atoms with Crippen LogP contribution in [0.15, 0.2) is 79.1 Å². The molecule has 1 heterocycles. The number of hydrogen-bond donors (Lipinski definition) is 1. The molecule has 1 atom stereocenters. The third-order valence-corrected chi connectivity index (χ3v) is 4.90. The molecule has 0 saturated heterocycles. The van der Waals surface area contributed by atoms with E-state index >= 15 is 0 Å². The van der Waals surface area contributed by atoms with Crippen LogP contribution in [0.25, 0.3) is 21.5 Å². The van der Waals surface area contributed by atoms with Gasteiger partial charge in [-0.2, -0.15) is 0 Å². The van der Waals surface area contributed by atoms with Crippen molar-refractivity contribution in [2.75, 3.05) is 7.05 Å². The molecule has 2 N–H and O–H groups in total. The summed E-state index contributed by atoms with van der Waals surface area (Å²) >= 11 is 0. The van der Waals surface area contributed by atoms with Crippen LogP contribution in [0.3, 0.4) is 0 Å². The van der Waals surface area contributed by atoms with Crippen LogP contribution in [0.4, 0.5) is 0 Å². The molecule has 4 aromatic rings. The first-order valence-corrected chi connectivity index (χ1v) is 8.94. The van der Waals surface area contributed by atoms with Gasteiger partial charge in [0.15, 0.2) is 0 Å². The summed E-state index contributed by atoms with van der Waals surface area (Å²) in [5.74, 6) is -0.0971. The number of carbonyl (C=O) groups excluding carboxylic acids is 1. The first-order chi connectivity index (χ1) is 13.1. The van der Waals surface area contributed by atoms with Crippen molar-refractivity contribution >= 4 is 27.5 Å². The molecule has 0 aliphatic heterocycles. The normalized spacial score (nSPS) is 12.2. The first-order valence-electron chi connectivity index (χ1n) is 8.94. The van der Waals surface area contributed by atoms with Crippen molar-refractivity contribution in [1.29, 1.82) is 0 Å². The SMILES string of the molecule is CN(Cc1ccc2cnccc2c1)C(=O)C(N)c1ccc2ccccc2c1. The molecule has 27 heavy (non-hydrogen) atoms. The smallest absolute Gasteiger partial charge is 0.244 e. The van der Waals surface area contributed by atoms with Gasteiger partial charge in [0.1, 0.15) is 6.04 Å². The van der Waals surface area contributed by atoms with Crippen molar-refractivity contribution in [3.05, 3.63) is 90.3 Å². The van der Waals surface area contributed by atoms with Gasteiger partial charge in [-0.15, -0.1) is 0 Å². The Kier molecular flexibility index (Phi) is 4.57. The Balaban J connectivity index is 1.52. The zero-order valence-corrected chi connectivity index (χ0v) is 15.2. The maximum Gasteiger partial charge on any atom is 0.244 e. The highest BCUT2D eigenvalue weighted by Gasteiger charge is 2.20. The Labute approximate surface area is 158 Å². The maximum absolute atomic E-state index is 12.8. The van der Waals surface area contributed by atoms with E-state index in [2.05, 4.69) is 11.1 Å². The van der Waals surface area contributed by atoms with Gasteiger partial charge in [0.25, 0.3) is 0 Å². The second kappa shape index (κ2) is 7.17. The molecule has 1 aromatic heterocycles. The highest BCUT2D eigenvalue weighted by atomic mass is 16.2. The van der Waals surface area contributed by atoms with E-state index in [0.717, 1.165) is 32.7 Å². The third-order valence-electron chi connectivity index (χ3n) is 4.90. The van der Waals surface area contributed by atoms with Crippen LogP contribution in [0.2, 0.25) is 0 Å². The van der Waals surface area contributed by atoms with E-state index in [0.29, 0.717) is 6.54 Å². The van der Waals surface area contributed by atoms with E-state index in [9.17, 15) is 4.79 Å². The Morgan fingerprint density at radius 1 is 0.963 bits per heavy atom. The van der Waals surface area contributed by atoms with E-state index in [-0.39, 0.29) is 5.91 Å². The monoisotopic (exact) mass is 355 g/mol. The molecular weight excluding hydrogens is 334 g/mol. The van der Waals surface area contributed by atoms with Crippen molar-refractivity contribution in [3.8, 4) is 0 Å². The lowest BCUT2D eigenvalue weighted by molar-refractivity contribution is -0.131. The lowest BCUT2D eigenvalue weighted by atomic mass is 10.0. The number of carbonyl (C=O) groups is 1. The predicted molar refractivity (Wildman–Crippen MR) is 109 cm³/mol. The van der Waals surface area contributed by atoms with Crippen molar-refractivity contribution in [3.63, 3.8) is 0 Å². The molecule has 0 saturated carbocycles. The molecular formula is C23H21N3O. The largest absolute Gasteiger partial charge is 0.340 e. The summed E-state index contributed by atoms with van der Waals surface area (Å²) in [5.41, 5.74) is 8.17. The van der Waals surface area contributed by atoms with Crippen molar-refractivity contribution < 1.29 is 4.79 Å². The summed E-state index contributed by atoms with van der Waals surface area (Å²) in [5, 5.41) is 4.43. The minimum absolute atomic E-state index is 0.0971. The van der Waals surface area contributed by atoms with Crippen LogP contribution in [-0.2, 0) is 11.3 Å². The molecule has 0 radical (unpaired) electrons. The fraction of sp³-hybridized carbons (Fsp3) is 0.130. The predicted octanol–water partition coefficient (Wildman–Crippen LogP) is 4.05. The van der Waals surface area contributed by atoms with Gasteiger partial charge >= 0.3 is 0 Å². The van der Waals surface area contributed by atoms with Crippen LogP contribution in [0.1, 0.15) is 17.2 Å². The van der Waals surface area contributed by atoms with E-state index in [1.807, 2.05) is 66.9 Å². The topological polar surface area (TPSA) is 59.2 Å². The van der Waals surface area contributed by atoms with Crippen LogP contribution in [0, 0.1) is 0 Å². The van der Waals surface area contributed by atoms with E-state index in [1.54, 1.807) is 18.1 Å². The molecule has 4 heteroatoms. The van der Waals surface area contributed by atoms with Crippen LogP contribution in [0.5, 0.6) is 0 Å². The molecule has 1 unspecified atom stereocenters. The number of rotatable bonds is 4. The minimum Gasteiger partial charge on any atom is -0.340 e. The number of aromatic nitrogens is 1. The number of likely N-dealkylation sites (N-methyl/N-ethyl adjacent to an activating group) is 1. The number of benzene rings is 3. The Morgan fingerprint density at radius 3 is 2.56 bits per heavy atom. The molecule has 0 aliphatic rings.